The number of nitrogens with zero attached hydrogens (tertiary/aromatic N) is 2. The van der Waals surface area contributed by atoms with Crippen molar-refractivity contribution in [3.05, 3.63) is 130 Å². The predicted octanol–water partition coefficient (Wildman–Crippen LogP) is 6.78. The highest BCUT2D eigenvalue weighted by atomic mass is 32.2. The molecule has 0 aliphatic rings. The highest BCUT2D eigenvalue weighted by Crippen LogP contribution is 2.37. The number of aromatic nitrogens is 2. The Kier molecular flexibility index (Phi) is 6.93. The summed E-state index contributed by atoms with van der Waals surface area (Å²) in [5.74, 6) is -0.181. The SMILES string of the molecule is Cc1cc(C)cc(NC(=O)C(Sc2nc3ccccc3c(=O)n2-c2ccccc2C)c2ccccc2)c1. The van der Waals surface area contributed by atoms with Crippen LogP contribution in [0.25, 0.3) is 16.6 Å². The van der Waals surface area contributed by atoms with Crippen LogP contribution >= 0.6 is 11.8 Å². The van der Waals surface area contributed by atoms with E-state index < -0.39 is 5.25 Å². The van der Waals surface area contributed by atoms with E-state index in [-0.39, 0.29) is 11.5 Å². The zero-order valence-electron chi connectivity index (χ0n) is 20.9. The van der Waals surface area contributed by atoms with Gasteiger partial charge in [-0.1, -0.05) is 78.5 Å². The second-order valence-electron chi connectivity index (χ2n) is 9.11. The monoisotopic (exact) mass is 505 g/mol. The van der Waals surface area contributed by atoms with Gasteiger partial charge < -0.3 is 5.32 Å². The topological polar surface area (TPSA) is 64.0 Å². The Labute approximate surface area is 220 Å². The van der Waals surface area contributed by atoms with Crippen molar-refractivity contribution in [2.75, 3.05) is 5.32 Å². The number of fused-ring (bicyclic) bond motifs is 1. The number of rotatable bonds is 6. The van der Waals surface area contributed by atoms with Crippen molar-refractivity contribution in [2.24, 2.45) is 0 Å². The Bertz CT molecular complexity index is 1640. The van der Waals surface area contributed by atoms with Crippen molar-refractivity contribution in [3.8, 4) is 5.69 Å². The zero-order chi connectivity index (χ0) is 25.9. The van der Waals surface area contributed by atoms with Gasteiger partial charge in [0.1, 0.15) is 5.25 Å². The van der Waals surface area contributed by atoms with E-state index in [0.29, 0.717) is 16.1 Å². The summed E-state index contributed by atoms with van der Waals surface area (Å²) >= 11 is 1.28. The smallest absolute Gasteiger partial charge is 0.266 e. The first-order valence-corrected chi connectivity index (χ1v) is 13.0. The minimum absolute atomic E-state index is 0.163. The van der Waals surface area contributed by atoms with Gasteiger partial charge in [-0.15, -0.1) is 0 Å². The van der Waals surface area contributed by atoms with Gasteiger partial charge in [0.15, 0.2) is 5.16 Å². The second kappa shape index (κ2) is 10.4. The number of anilines is 1. The lowest BCUT2D eigenvalue weighted by molar-refractivity contribution is -0.115. The normalized spacial score (nSPS) is 11.9. The summed E-state index contributed by atoms with van der Waals surface area (Å²) in [6, 6.07) is 30.6. The first kappa shape index (κ1) is 24.5. The number of carbonyl (C=O) groups excluding carboxylic acids is 1. The first-order valence-electron chi connectivity index (χ1n) is 12.1. The van der Waals surface area contributed by atoms with Gasteiger partial charge in [0, 0.05) is 5.69 Å². The predicted molar refractivity (Wildman–Crippen MR) is 152 cm³/mol. The van der Waals surface area contributed by atoms with Crippen molar-refractivity contribution in [1.82, 2.24) is 9.55 Å². The molecule has 1 atom stereocenters. The van der Waals surface area contributed by atoms with Crippen LogP contribution in [-0.4, -0.2) is 15.5 Å². The molecule has 4 aromatic carbocycles. The molecule has 1 unspecified atom stereocenters. The average Bonchev–Trinajstić information content (AvgIpc) is 2.88. The molecule has 0 saturated heterocycles. The molecule has 0 fully saturated rings. The standard InChI is InChI=1S/C31H27N3O2S/c1-20-17-21(2)19-24(18-20)32-29(35)28(23-12-5-4-6-13-23)37-31-33-26-15-9-8-14-25(26)30(36)34(31)27-16-10-7-11-22(27)3/h4-19,28H,1-3H3,(H,32,35). The number of amides is 1. The molecule has 5 rings (SSSR count). The van der Waals surface area contributed by atoms with Crippen LogP contribution in [-0.2, 0) is 4.79 Å². The third-order valence-corrected chi connectivity index (χ3v) is 7.36. The second-order valence-corrected chi connectivity index (χ2v) is 10.2. The molecule has 0 radical (unpaired) electrons. The largest absolute Gasteiger partial charge is 0.325 e. The number of para-hydroxylation sites is 2. The van der Waals surface area contributed by atoms with E-state index >= 15 is 0 Å². The quantitative estimate of drug-likeness (QED) is 0.204. The Morgan fingerprint density at radius 3 is 2.22 bits per heavy atom. The highest BCUT2D eigenvalue weighted by Gasteiger charge is 2.26. The number of aryl methyl sites for hydroxylation is 3. The summed E-state index contributed by atoms with van der Waals surface area (Å²) in [4.78, 5) is 32.4. The molecule has 37 heavy (non-hydrogen) atoms. The maximum atomic E-state index is 13.8. The molecule has 1 aromatic heterocycles. The van der Waals surface area contributed by atoms with Crippen LogP contribution < -0.4 is 10.9 Å². The van der Waals surface area contributed by atoms with Crippen LogP contribution in [0.5, 0.6) is 0 Å². The minimum Gasteiger partial charge on any atom is -0.325 e. The van der Waals surface area contributed by atoms with Crippen molar-refractivity contribution in [2.45, 2.75) is 31.2 Å². The Morgan fingerprint density at radius 2 is 1.49 bits per heavy atom. The van der Waals surface area contributed by atoms with Crippen LogP contribution in [0.3, 0.4) is 0 Å². The molecular formula is C31H27N3O2S. The van der Waals surface area contributed by atoms with Crippen LogP contribution in [0.1, 0.15) is 27.5 Å². The Morgan fingerprint density at radius 1 is 0.838 bits per heavy atom. The minimum atomic E-state index is -0.634. The maximum absolute atomic E-state index is 13.8. The van der Waals surface area contributed by atoms with E-state index in [4.69, 9.17) is 4.98 Å². The molecule has 184 valence electrons. The molecule has 0 bridgehead atoms. The molecule has 0 aliphatic heterocycles. The molecule has 0 aliphatic carbocycles. The van der Waals surface area contributed by atoms with E-state index in [9.17, 15) is 9.59 Å². The zero-order valence-corrected chi connectivity index (χ0v) is 21.8. The van der Waals surface area contributed by atoms with Gasteiger partial charge in [-0.25, -0.2) is 4.98 Å². The van der Waals surface area contributed by atoms with Crippen molar-refractivity contribution in [1.29, 1.82) is 0 Å². The van der Waals surface area contributed by atoms with E-state index in [1.54, 1.807) is 10.6 Å². The van der Waals surface area contributed by atoms with Crippen LogP contribution in [0.2, 0.25) is 0 Å². The average molecular weight is 506 g/mol. The summed E-state index contributed by atoms with van der Waals surface area (Å²) < 4.78 is 1.63. The van der Waals surface area contributed by atoms with Gasteiger partial charge >= 0.3 is 0 Å². The maximum Gasteiger partial charge on any atom is 0.266 e. The van der Waals surface area contributed by atoms with Crippen LogP contribution in [0.15, 0.2) is 107 Å². The molecule has 1 N–H and O–H groups in total. The summed E-state index contributed by atoms with van der Waals surface area (Å²) in [7, 11) is 0. The van der Waals surface area contributed by atoms with Crippen molar-refractivity contribution < 1.29 is 4.79 Å². The molecule has 0 spiro atoms. The lowest BCUT2D eigenvalue weighted by Crippen LogP contribution is -2.25. The molecule has 5 aromatic rings. The highest BCUT2D eigenvalue weighted by molar-refractivity contribution is 8.00. The fraction of sp³-hybridized carbons (Fsp3) is 0.129. The van der Waals surface area contributed by atoms with E-state index in [1.165, 1.54) is 11.8 Å². The summed E-state index contributed by atoms with van der Waals surface area (Å²) in [6.45, 7) is 5.98. The van der Waals surface area contributed by atoms with Crippen LogP contribution in [0.4, 0.5) is 5.69 Å². The van der Waals surface area contributed by atoms with E-state index in [0.717, 1.165) is 33.6 Å². The van der Waals surface area contributed by atoms with Gasteiger partial charge in [0.2, 0.25) is 5.91 Å². The van der Waals surface area contributed by atoms with Gasteiger partial charge in [-0.05, 0) is 73.4 Å². The Hall–Kier alpha value is -4.16. The summed E-state index contributed by atoms with van der Waals surface area (Å²) in [6.07, 6.45) is 0. The lowest BCUT2D eigenvalue weighted by atomic mass is 10.1. The fourth-order valence-corrected chi connectivity index (χ4v) is 5.59. The number of hydrogen-bond acceptors (Lipinski definition) is 4. The lowest BCUT2D eigenvalue weighted by Gasteiger charge is -2.20. The number of carbonyl (C=O) groups is 1. The molecule has 1 heterocycles. The summed E-state index contributed by atoms with van der Waals surface area (Å²) in [5.41, 5.74) is 5.84. The molecular weight excluding hydrogens is 478 g/mol. The van der Waals surface area contributed by atoms with Gasteiger partial charge in [-0.3, -0.25) is 14.2 Å². The number of hydrogen-bond donors (Lipinski definition) is 1. The molecule has 5 nitrogen and oxygen atoms in total. The number of benzene rings is 4. The van der Waals surface area contributed by atoms with Gasteiger partial charge in [0.25, 0.3) is 5.56 Å². The van der Waals surface area contributed by atoms with Crippen molar-refractivity contribution >= 4 is 34.3 Å². The van der Waals surface area contributed by atoms with Gasteiger partial charge in [-0.2, -0.15) is 0 Å². The third-order valence-electron chi connectivity index (χ3n) is 6.15. The van der Waals surface area contributed by atoms with E-state index in [1.807, 2.05) is 106 Å². The third kappa shape index (κ3) is 5.20. The fourth-order valence-electron chi connectivity index (χ4n) is 4.48. The number of nitrogens with one attached hydrogen (secondary N) is 1. The number of thioether (sulfide) groups is 1. The molecule has 1 amide bonds. The molecule has 6 heteroatoms. The first-order chi connectivity index (χ1) is 17.9. The summed E-state index contributed by atoms with van der Waals surface area (Å²) in [5, 5.41) is 3.45. The van der Waals surface area contributed by atoms with Crippen LogP contribution in [0, 0.1) is 20.8 Å². The van der Waals surface area contributed by atoms with Gasteiger partial charge in [0.05, 0.1) is 16.6 Å². The van der Waals surface area contributed by atoms with E-state index in [2.05, 4.69) is 11.4 Å². The van der Waals surface area contributed by atoms with Crippen molar-refractivity contribution in [3.63, 3.8) is 0 Å². The Balaban J connectivity index is 1.65. The molecule has 0 saturated carbocycles.